The average molecular weight is 651 g/mol. The maximum atomic E-state index is 5.29. The summed E-state index contributed by atoms with van der Waals surface area (Å²) in [6, 6.07) is 63.9. The summed E-state index contributed by atoms with van der Waals surface area (Å²) in [5.41, 5.74) is 8.45. The molecular formula is C47H30N4. The van der Waals surface area contributed by atoms with Crippen molar-refractivity contribution in [3.63, 3.8) is 0 Å². The third-order valence-electron chi connectivity index (χ3n) is 9.84. The van der Waals surface area contributed by atoms with E-state index >= 15 is 0 Å². The molecule has 0 amide bonds. The number of hydrogen-bond acceptors (Lipinski definition) is 3. The molecule has 0 fully saturated rings. The highest BCUT2D eigenvalue weighted by molar-refractivity contribution is 6.11. The molecule has 0 atom stereocenters. The zero-order valence-electron chi connectivity index (χ0n) is 27.6. The van der Waals surface area contributed by atoms with Crippen LogP contribution in [-0.4, -0.2) is 19.5 Å². The molecule has 0 bridgehead atoms. The van der Waals surface area contributed by atoms with Crippen molar-refractivity contribution in [2.24, 2.45) is 0 Å². The Bertz CT molecular complexity index is 2850. The molecule has 4 nitrogen and oxygen atoms in total. The van der Waals surface area contributed by atoms with Gasteiger partial charge >= 0.3 is 0 Å². The van der Waals surface area contributed by atoms with Gasteiger partial charge in [0.05, 0.1) is 22.3 Å². The number of nitrogens with zero attached hydrogens (tertiary/aromatic N) is 4. The molecule has 0 spiro atoms. The van der Waals surface area contributed by atoms with E-state index in [1.54, 1.807) is 0 Å². The number of benzene rings is 8. The molecule has 0 N–H and O–H groups in total. The van der Waals surface area contributed by atoms with E-state index in [2.05, 4.69) is 168 Å². The molecule has 0 radical (unpaired) electrons. The van der Waals surface area contributed by atoms with E-state index < -0.39 is 0 Å². The lowest BCUT2D eigenvalue weighted by molar-refractivity contribution is 1.07. The van der Waals surface area contributed by atoms with Crippen LogP contribution in [-0.2, 0) is 0 Å². The van der Waals surface area contributed by atoms with E-state index in [1.807, 2.05) is 18.2 Å². The summed E-state index contributed by atoms with van der Waals surface area (Å²) < 4.78 is 2.36. The minimum atomic E-state index is 0.630. The molecule has 4 heteroatoms. The molecule has 0 saturated heterocycles. The van der Waals surface area contributed by atoms with Gasteiger partial charge < -0.3 is 4.57 Å². The Morgan fingerprint density at radius 1 is 0.314 bits per heavy atom. The van der Waals surface area contributed by atoms with Crippen LogP contribution in [0.5, 0.6) is 0 Å². The smallest absolute Gasteiger partial charge is 0.166 e. The SMILES string of the molecule is c1ccc(-c2nc(-c3ccc(-c4ccc5ccccc5c4)cc3)nc(-c3c(-n4c5ccccc5c5ccccc54)ccc4ccccc34)n2)cc1. The van der Waals surface area contributed by atoms with E-state index in [4.69, 9.17) is 15.0 Å². The van der Waals surface area contributed by atoms with E-state index in [0.717, 1.165) is 49.7 Å². The predicted molar refractivity (Wildman–Crippen MR) is 211 cm³/mol. The van der Waals surface area contributed by atoms with Crippen LogP contribution >= 0.6 is 0 Å². The van der Waals surface area contributed by atoms with E-state index in [9.17, 15) is 0 Å². The molecule has 238 valence electrons. The second-order valence-electron chi connectivity index (χ2n) is 12.9. The maximum Gasteiger partial charge on any atom is 0.166 e. The highest BCUT2D eigenvalue weighted by Gasteiger charge is 2.21. The van der Waals surface area contributed by atoms with Crippen LogP contribution < -0.4 is 0 Å². The van der Waals surface area contributed by atoms with E-state index in [1.165, 1.54) is 27.1 Å². The molecule has 0 saturated carbocycles. The second kappa shape index (κ2) is 11.9. The molecule has 10 rings (SSSR count). The normalized spacial score (nSPS) is 11.5. The van der Waals surface area contributed by atoms with Crippen molar-refractivity contribution in [1.82, 2.24) is 19.5 Å². The zero-order chi connectivity index (χ0) is 33.7. The largest absolute Gasteiger partial charge is 0.308 e. The lowest BCUT2D eigenvalue weighted by atomic mass is 10.00. The van der Waals surface area contributed by atoms with Crippen LogP contribution in [0.3, 0.4) is 0 Å². The van der Waals surface area contributed by atoms with E-state index in [-0.39, 0.29) is 0 Å². The van der Waals surface area contributed by atoms with Crippen molar-refractivity contribution >= 4 is 43.4 Å². The van der Waals surface area contributed by atoms with Gasteiger partial charge in [0, 0.05) is 21.9 Å². The van der Waals surface area contributed by atoms with Gasteiger partial charge in [-0.1, -0.05) is 158 Å². The van der Waals surface area contributed by atoms with Gasteiger partial charge in [0.1, 0.15) is 0 Å². The third-order valence-corrected chi connectivity index (χ3v) is 9.84. The van der Waals surface area contributed by atoms with Crippen molar-refractivity contribution in [2.75, 3.05) is 0 Å². The fourth-order valence-electron chi connectivity index (χ4n) is 7.38. The highest BCUT2D eigenvalue weighted by Crippen LogP contribution is 2.39. The molecule has 0 aliphatic heterocycles. The van der Waals surface area contributed by atoms with Gasteiger partial charge in [-0.15, -0.1) is 0 Å². The molecular weight excluding hydrogens is 621 g/mol. The predicted octanol–water partition coefficient (Wildman–Crippen LogP) is 11.9. The lowest BCUT2D eigenvalue weighted by Crippen LogP contribution is -2.04. The minimum Gasteiger partial charge on any atom is -0.308 e. The Balaban J connectivity index is 1.20. The van der Waals surface area contributed by atoms with Crippen molar-refractivity contribution in [2.45, 2.75) is 0 Å². The summed E-state index contributed by atoms with van der Waals surface area (Å²) in [6.07, 6.45) is 0. The average Bonchev–Trinajstić information content (AvgIpc) is 3.54. The molecule has 8 aromatic carbocycles. The summed E-state index contributed by atoms with van der Waals surface area (Å²) >= 11 is 0. The first-order chi connectivity index (χ1) is 25.3. The van der Waals surface area contributed by atoms with Crippen molar-refractivity contribution in [3.05, 3.63) is 182 Å². The summed E-state index contributed by atoms with van der Waals surface area (Å²) in [5.74, 6) is 1.89. The molecule has 0 aliphatic rings. The molecule has 2 heterocycles. The number of para-hydroxylation sites is 2. The van der Waals surface area contributed by atoms with Crippen molar-refractivity contribution < 1.29 is 0 Å². The quantitative estimate of drug-likeness (QED) is 0.186. The Morgan fingerprint density at radius 3 is 1.51 bits per heavy atom. The first kappa shape index (κ1) is 29.0. The first-order valence-corrected chi connectivity index (χ1v) is 17.2. The third kappa shape index (κ3) is 4.96. The van der Waals surface area contributed by atoms with Gasteiger partial charge in [0.2, 0.25) is 0 Å². The monoisotopic (exact) mass is 650 g/mol. The number of fused-ring (bicyclic) bond motifs is 5. The second-order valence-corrected chi connectivity index (χ2v) is 12.9. The van der Waals surface area contributed by atoms with Gasteiger partial charge in [0.15, 0.2) is 17.5 Å². The number of aromatic nitrogens is 4. The van der Waals surface area contributed by atoms with Crippen LogP contribution in [0, 0.1) is 0 Å². The fraction of sp³-hybridized carbons (Fsp3) is 0. The van der Waals surface area contributed by atoms with Gasteiger partial charge in [0.25, 0.3) is 0 Å². The van der Waals surface area contributed by atoms with E-state index in [0.29, 0.717) is 17.5 Å². The highest BCUT2D eigenvalue weighted by atomic mass is 15.1. The number of rotatable bonds is 5. The minimum absolute atomic E-state index is 0.630. The Labute approximate surface area is 295 Å². The van der Waals surface area contributed by atoms with Gasteiger partial charge in [-0.2, -0.15) is 0 Å². The zero-order valence-corrected chi connectivity index (χ0v) is 27.6. The van der Waals surface area contributed by atoms with Crippen LogP contribution in [0.15, 0.2) is 182 Å². The van der Waals surface area contributed by atoms with Crippen LogP contribution in [0.1, 0.15) is 0 Å². The first-order valence-electron chi connectivity index (χ1n) is 17.2. The van der Waals surface area contributed by atoms with Crippen LogP contribution in [0.25, 0.3) is 94.3 Å². The summed E-state index contributed by atoms with van der Waals surface area (Å²) in [6.45, 7) is 0. The molecule has 0 unspecified atom stereocenters. The lowest BCUT2D eigenvalue weighted by Gasteiger charge is -2.17. The van der Waals surface area contributed by atoms with Gasteiger partial charge in [-0.25, -0.2) is 15.0 Å². The maximum absolute atomic E-state index is 5.29. The molecule has 0 aliphatic carbocycles. The Kier molecular flexibility index (Phi) is 6.78. The summed E-state index contributed by atoms with van der Waals surface area (Å²) in [4.78, 5) is 15.6. The fourth-order valence-corrected chi connectivity index (χ4v) is 7.38. The summed E-state index contributed by atoms with van der Waals surface area (Å²) in [5, 5.41) is 7.08. The van der Waals surface area contributed by atoms with Crippen molar-refractivity contribution in [3.8, 4) is 51.0 Å². The Hall–Kier alpha value is -6.91. The Morgan fingerprint density at radius 2 is 0.804 bits per heavy atom. The summed E-state index contributed by atoms with van der Waals surface area (Å²) in [7, 11) is 0. The standard InChI is InChI=1S/C47H30N4/c1-2-14-34(15-3-1)45-48-46(35-25-22-32(23-26-35)37-27-24-31-12-4-5-16-36(31)30-37)50-47(49-45)44-38-17-7-6-13-33(38)28-29-43(44)51-41-20-10-8-18-39(41)40-19-9-11-21-42(40)51/h1-30H. The van der Waals surface area contributed by atoms with Crippen LogP contribution in [0.4, 0.5) is 0 Å². The molecule has 10 aromatic rings. The number of hydrogen-bond donors (Lipinski definition) is 0. The van der Waals surface area contributed by atoms with Crippen LogP contribution in [0.2, 0.25) is 0 Å². The van der Waals surface area contributed by atoms with Crippen molar-refractivity contribution in [1.29, 1.82) is 0 Å². The molecule has 51 heavy (non-hydrogen) atoms. The van der Waals surface area contributed by atoms with Gasteiger partial charge in [-0.3, -0.25) is 0 Å². The molecule has 2 aromatic heterocycles. The van der Waals surface area contributed by atoms with Gasteiger partial charge in [-0.05, 0) is 56.9 Å². The topological polar surface area (TPSA) is 43.6 Å².